The van der Waals surface area contributed by atoms with Gasteiger partial charge in [-0.2, -0.15) is 9.90 Å². The van der Waals surface area contributed by atoms with Gasteiger partial charge in [-0.1, -0.05) is 42.5 Å². The van der Waals surface area contributed by atoms with Crippen molar-refractivity contribution in [2.75, 3.05) is 7.11 Å². The van der Waals surface area contributed by atoms with E-state index in [4.69, 9.17) is 4.74 Å². The third-order valence-corrected chi connectivity index (χ3v) is 3.61. The first-order valence-electron chi connectivity index (χ1n) is 7.97. The van der Waals surface area contributed by atoms with Crippen LogP contribution in [-0.4, -0.2) is 38.9 Å². The lowest BCUT2D eigenvalue weighted by Crippen LogP contribution is -2.25. The van der Waals surface area contributed by atoms with Crippen molar-refractivity contribution < 1.29 is 9.53 Å². The van der Waals surface area contributed by atoms with Crippen molar-refractivity contribution in [1.29, 1.82) is 0 Å². The average Bonchev–Trinajstić information content (AvgIpc) is 3.15. The molecule has 3 rings (SSSR count). The molecule has 1 heterocycles. The van der Waals surface area contributed by atoms with Gasteiger partial charge in [0.05, 0.1) is 12.8 Å². The largest absolute Gasteiger partial charge is 0.496 e. The minimum atomic E-state index is -0.351. The van der Waals surface area contributed by atoms with E-state index in [-0.39, 0.29) is 12.5 Å². The van der Waals surface area contributed by atoms with E-state index in [9.17, 15) is 4.79 Å². The van der Waals surface area contributed by atoms with E-state index in [0.717, 1.165) is 11.1 Å². The molecule has 1 aromatic heterocycles. The van der Waals surface area contributed by atoms with Gasteiger partial charge in [-0.15, -0.1) is 10.2 Å². The third kappa shape index (κ3) is 4.10. The number of rotatable bonds is 6. The van der Waals surface area contributed by atoms with E-state index in [1.165, 1.54) is 4.80 Å². The van der Waals surface area contributed by atoms with E-state index >= 15 is 0 Å². The van der Waals surface area contributed by atoms with Crippen LogP contribution in [0.5, 0.6) is 5.75 Å². The van der Waals surface area contributed by atoms with E-state index < -0.39 is 0 Å². The molecule has 132 valence electrons. The van der Waals surface area contributed by atoms with Crippen LogP contribution in [0.1, 0.15) is 12.5 Å². The molecule has 0 saturated carbocycles. The molecule has 3 aromatic rings. The lowest BCUT2D eigenvalue weighted by molar-refractivity contribution is -0.122. The molecule has 0 aliphatic carbocycles. The molecule has 0 bridgehead atoms. The summed E-state index contributed by atoms with van der Waals surface area (Å²) in [5, 5.41) is 16.2. The first kappa shape index (κ1) is 17.3. The molecule has 0 fully saturated rings. The van der Waals surface area contributed by atoms with Crippen LogP contribution in [0.15, 0.2) is 59.7 Å². The molecule has 8 heteroatoms. The number of carbonyl (C=O) groups is 1. The number of hydrazone groups is 1. The van der Waals surface area contributed by atoms with Crippen LogP contribution in [0, 0.1) is 0 Å². The first-order chi connectivity index (χ1) is 12.7. The molecule has 0 atom stereocenters. The first-order valence-corrected chi connectivity index (χ1v) is 7.97. The van der Waals surface area contributed by atoms with Crippen LogP contribution in [0.3, 0.4) is 0 Å². The molecule has 8 nitrogen and oxygen atoms in total. The molecule has 0 unspecified atom stereocenters. The molecule has 0 spiro atoms. The quantitative estimate of drug-likeness (QED) is 0.541. The molecule has 1 amide bonds. The van der Waals surface area contributed by atoms with Crippen molar-refractivity contribution in [3.05, 3.63) is 60.2 Å². The van der Waals surface area contributed by atoms with Gasteiger partial charge in [-0.05, 0) is 24.3 Å². The van der Waals surface area contributed by atoms with Gasteiger partial charge in [0.2, 0.25) is 5.82 Å². The number of nitrogens with one attached hydrogen (secondary N) is 1. The summed E-state index contributed by atoms with van der Waals surface area (Å²) in [4.78, 5) is 13.3. The highest BCUT2D eigenvalue weighted by Crippen LogP contribution is 2.17. The fraction of sp³-hybridized carbons (Fsp3) is 0.167. The summed E-state index contributed by atoms with van der Waals surface area (Å²) in [5.41, 5.74) is 4.77. The fourth-order valence-corrected chi connectivity index (χ4v) is 2.33. The molecular formula is C18H18N6O2. The van der Waals surface area contributed by atoms with Gasteiger partial charge < -0.3 is 4.74 Å². The van der Waals surface area contributed by atoms with Gasteiger partial charge in [-0.3, -0.25) is 4.79 Å². The van der Waals surface area contributed by atoms with Crippen LogP contribution in [0.25, 0.3) is 11.4 Å². The monoisotopic (exact) mass is 350 g/mol. The zero-order valence-electron chi connectivity index (χ0n) is 14.5. The number of ether oxygens (including phenoxy) is 1. The topological polar surface area (TPSA) is 94.3 Å². The highest BCUT2D eigenvalue weighted by atomic mass is 16.5. The number of para-hydroxylation sites is 1. The summed E-state index contributed by atoms with van der Waals surface area (Å²) >= 11 is 0. The Morgan fingerprint density at radius 2 is 1.88 bits per heavy atom. The second-order valence-corrected chi connectivity index (χ2v) is 5.44. The van der Waals surface area contributed by atoms with E-state index in [2.05, 4.69) is 25.9 Å². The molecule has 0 saturated heterocycles. The summed E-state index contributed by atoms with van der Waals surface area (Å²) in [6.07, 6.45) is 0. The molecule has 1 N–H and O–H groups in total. The zero-order chi connectivity index (χ0) is 18.4. The van der Waals surface area contributed by atoms with Gasteiger partial charge >= 0.3 is 0 Å². The molecule has 0 aliphatic rings. The number of methoxy groups -OCH3 is 1. The summed E-state index contributed by atoms with van der Waals surface area (Å²) < 4.78 is 5.29. The van der Waals surface area contributed by atoms with Crippen molar-refractivity contribution in [2.24, 2.45) is 5.10 Å². The van der Waals surface area contributed by atoms with Gasteiger partial charge in [-0.25, -0.2) is 5.43 Å². The number of benzene rings is 2. The Morgan fingerprint density at radius 3 is 2.65 bits per heavy atom. The number of amides is 1. The SMILES string of the molecule is COc1ccccc1/C(C)=N/NC(=O)Cn1nnc(-c2ccccc2)n1. The summed E-state index contributed by atoms with van der Waals surface area (Å²) in [5.74, 6) is 0.803. The maximum atomic E-state index is 12.1. The Kier molecular flexibility index (Phi) is 5.33. The zero-order valence-corrected chi connectivity index (χ0v) is 14.5. The number of hydrogen-bond donors (Lipinski definition) is 1. The van der Waals surface area contributed by atoms with Crippen molar-refractivity contribution >= 4 is 11.6 Å². The Bertz CT molecular complexity index is 920. The molecule has 2 aromatic carbocycles. The summed E-state index contributed by atoms with van der Waals surface area (Å²) in [7, 11) is 1.59. The van der Waals surface area contributed by atoms with Gasteiger partial charge in [0.15, 0.2) is 0 Å². The second-order valence-electron chi connectivity index (χ2n) is 5.44. The normalized spacial score (nSPS) is 11.2. The number of tetrazole rings is 1. The number of hydrogen-bond acceptors (Lipinski definition) is 6. The average molecular weight is 350 g/mol. The van der Waals surface area contributed by atoms with E-state index in [1.54, 1.807) is 14.0 Å². The molecule has 0 aliphatic heterocycles. The number of nitrogens with zero attached hydrogens (tertiary/aromatic N) is 5. The fourth-order valence-electron chi connectivity index (χ4n) is 2.33. The Hall–Kier alpha value is -3.55. The maximum absolute atomic E-state index is 12.1. The Balaban J connectivity index is 1.63. The van der Waals surface area contributed by atoms with Crippen LogP contribution >= 0.6 is 0 Å². The minimum Gasteiger partial charge on any atom is -0.496 e. The standard InChI is InChI=1S/C18H18N6O2/c1-13(15-10-6-7-11-16(15)26-2)19-20-17(25)12-24-22-18(21-23-24)14-8-4-3-5-9-14/h3-11H,12H2,1-2H3,(H,20,25)/b19-13+. The lowest BCUT2D eigenvalue weighted by atomic mass is 10.1. The second kappa shape index (κ2) is 8.02. The minimum absolute atomic E-state index is 0.0808. The maximum Gasteiger partial charge on any atom is 0.263 e. The Morgan fingerprint density at radius 1 is 1.15 bits per heavy atom. The van der Waals surface area contributed by atoms with Crippen LogP contribution < -0.4 is 10.2 Å². The summed E-state index contributed by atoms with van der Waals surface area (Å²) in [6.45, 7) is 1.71. The highest BCUT2D eigenvalue weighted by Gasteiger charge is 2.10. The number of aromatic nitrogens is 4. The Labute approximate surface area is 150 Å². The van der Waals surface area contributed by atoms with Crippen LogP contribution in [0.2, 0.25) is 0 Å². The number of carbonyl (C=O) groups excluding carboxylic acids is 1. The van der Waals surface area contributed by atoms with E-state index in [1.807, 2.05) is 54.6 Å². The highest BCUT2D eigenvalue weighted by molar-refractivity contribution is 6.01. The van der Waals surface area contributed by atoms with Crippen molar-refractivity contribution in [1.82, 2.24) is 25.6 Å². The van der Waals surface area contributed by atoms with Crippen molar-refractivity contribution in [3.63, 3.8) is 0 Å². The molecular weight excluding hydrogens is 332 g/mol. The van der Waals surface area contributed by atoms with Gasteiger partial charge in [0, 0.05) is 11.1 Å². The van der Waals surface area contributed by atoms with Crippen molar-refractivity contribution in [3.8, 4) is 17.1 Å². The molecule has 0 radical (unpaired) electrons. The smallest absolute Gasteiger partial charge is 0.263 e. The van der Waals surface area contributed by atoms with Gasteiger partial charge in [0.25, 0.3) is 5.91 Å². The molecule has 26 heavy (non-hydrogen) atoms. The van der Waals surface area contributed by atoms with Crippen molar-refractivity contribution in [2.45, 2.75) is 13.5 Å². The summed E-state index contributed by atoms with van der Waals surface area (Å²) in [6, 6.07) is 16.9. The third-order valence-electron chi connectivity index (χ3n) is 3.61. The van der Waals surface area contributed by atoms with Gasteiger partial charge in [0.1, 0.15) is 12.3 Å². The van der Waals surface area contributed by atoms with E-state index in [0.29, 0.717) is 17.3 Å². The van der Waals surface area contributed by atoms with Crippen LogP contribution in [0.4, 0.5) is 0 Å². The van der Waals surface area contributed by atoms with Crippen LogP contribution in [-0.2, 0) is 11.3 Å². The predicted molar refractivity (Wildman–Crippen MR) is 96.6 cm³/mol. The predicted octanol–water partition coefficient (Wildman–Crippen LogP) is 1.89. The lowest BCUT2D eigenvalue weighted by Gasteiger charge is -2.07.